The SMILES string of the molecule is NN=CNc1cccc(C(=O)Nc2cccc(S(=O)(=O)Nc3ccccc3CCC(=O)O)c2)c1. The molecule has 0 aliphatic rings. The number of nitrogens with one attached hydrogen (secondary N) is 3. The minimum Gasteiger partial charge on any atom is -0.481 e. The topological polar surface area (TPSA) is 163 Å². The van der Waals surface area contributed by atoms with Crippen molar-refractivity contribution < 1.29 is 23.1 Å². The molecule has 3 rings (SSSR count). The van der Waals surface area contributed by atoms with Gasteiger partial charge in [-0.05, 0) is 54.4 Å². The van der Waals surface area contributed by atoms with E-state index in [1.165, 1.54) is 24.5 Å². The van der Waals surface area contributed by atoms with Gasteiger partial charge in [0.05, 0.1) is 10.6 Å². The monoisotopic (exact) mass is 481 g/mol. The van der Waals surface area contributed by atoms with Gasteiger partial charge in [-0.1, -0.05) is 30.3 Å². The van der Waals surface area contributed by atoms with Crippen LogP contribution in [0, 0.1) is 0 Å². The van der Waals surface area contributed by atoms with Crippen molar-refractivity contribution in [3.05, 3.63) is 83.9 Å². The minimum absolute atomic E-state index is 0.0621. The fourth-order valence-electron chi connectivity index (χ4n) is 3.09. The summed E-state index contributed by atoms with van der Waals surface area (Å²) < 4.78 is 28.4. The van der Waals surface area contributed by atoms with Crippen molar-refractivity contribution in [2.45, 2.75) is 17.7 Å². The molecule has 0 bridgehead atoms. The van der Waals surface area contributed by atoms with Gasteiger partial charge < -0.3 is 21.6 Å². The first-order valence-electron chi connectivity index (χ1n) is 10.1. The smallest absolute Gasteiger partial charge is 0.303 e. The summed E-state index contributed by atoms with van der Waals surface area (Å²) in [6.07, 6.45) is 1.32. The van der Waals surface area contributed by atoms with E-state index in [0.29, 0.717) is 22.5 Å². The summed E-state index contributed by atoms with van der Waals surface area (Å²) in [7, 11) is -4.00. The van der Waals surface area contributed by atoms with Crippen LogP contribution in [0.5, 0.6) is 0 Å². The molecule has 0 aromatic heterocycles. The van der Waals surface area contributed by atoms with Crippen molar-refractivity contribution in [1.29, 1.82) is 0 Å². The van der Waals surface area contributed by atoms with Crippen molar-refractivity contribution in [1.82, 2.24) is 0 Å². The number of aliphatic carboxylic acids is 1. The first-order valence-corrected chi connectivity index (χ1v) is 11.6. The van der Waals surface area contributed by atoms with Gasteiger partial charge in [0.1, 0.15) is 6.34 Å². The molecule has 0 unspecified atom stereocenters. The third-order valence-electron chi connectivity index (χ3n) is 4.70. The van der Waals surface area contributed by atoms with Gasteiger partial charge in [0, 0.05) is 23.4 Å². The fourth-order valence-corrected chi connectivity index (χ4v) is 4.24. The average molecular weight is 482 g/mol. The van der Waals surface area contributed by atoms with Gasteiger partial charge in [-0.15, -0.1) is 0 Å². The molecule has 0 aliphatic heterocycles. The van der Waals surface area contributed by atoms with E-state index in [9.17, 15) is 18.0 Å². The van der Waals surface area contributed by atoms with Crippen LogP contribution in [0.25, 0.3) is 0 Å². The molecule has 10 nitrogen and oxygen atoms in total. The van der Waals surface area contributed by atoms with Gasteiger partial charge in [0.25, 0.3) is 15.9 Å². The predicted molar refractivity (Wildman–Crippen MR) is 130 cm³/mol. The zero-order valence-corrected chi connectivity index (χ0v) is 18.7. The number of rotatable bonds is 10. The van der Waals surface area contributed by atoms with Gasteiger partial charge in [-0.25, -0.2) is 8.42 Å². The molecule has 0 radical (unpaired) electrons. The number of aryl methyl sites for hydroxylation is 1. The van der Waals surface area contributed by atoms with Gasteiger partial charge in [-0.2, -0.15) is 5.10 Å². The summed E-state index contributed by atoms with van der Waals surface area (Å²) in [6, 6.07) is 19.0. The average Bonchev–Trinajstić information content (AvgIpc) is 2.82. The summed E-state index contributed by atoms with van der Waals surface area (Å²) in [4.78, 5) is 23.5. The maximum atomic E-state index is 13.0. The van der Waals surface area contributed by atoms with Crippen LogP contribution >= 0.6 is 0 Å². The van der Waals surface area contributed by atoms with Crippen LogP contribution in [0.15, 0.2) is 82.8 Å². The number of nitrogens with zero attached hydrogens (tertiary/aromatic N) is 1. The molecule has 0 aliphatic carbocycles. The Bertz CT molecular complexity index is 1320. The predicted octanol–water partition coefficient (Wildman–Crippen LogP) is 3.07. The second-order valence-corrected chi connectivity index (χ2v) is 8.82. The largest absolute Gasteiger partial charge is 0.481 e. The summed E-state index contributed by atoms with van der Waals surface area (Å²) in [5.74, 6) is 3.65. The molecule has 0 spiro atoms. The molecule has 0 saturated carbocycles. The second kappa shape index (κ2) is 11.0. The van der Waals surface area contributed by atoms with Gasteiger partial charge in [0.2, 0.25) is 0 Å². The normalized spacial score (nSPS) is 11.2. The maximum Gasteiger partial charge on any atom is 0.303 e. The number of hydrogen-bond donors (Lipinski definition) is 5. The molecule has 0 heterocycles. The summed E-state index contributed by atoms with van der Waals surface area (Å²) >= 11 is 0. The highest BCUT2D eigenvalue weighted by molar-refractivity contribution is 7.92. The van der Waals surface area contributed by atoms with E-state index in [-0.39, 0.29) is 23.4 Å². The number of para-hydroxylation sites is 1. The molecular formula is C23H23N5O5S. The van der Waals surface area contributed by atoms with Gasteiger partial charge >= 0.3 is 5.97 Å². The number of sulfonamides is 1. The number of carbonyl (C=O) groups is 2. The zero-order valence-electron chi connectivity index (χ0n) is 17.9. The number of carboxylic acids is 1. The molecule has 0 saturated heterocycles. The Morgan fingerprint density at radius 3 is 2.47 bits per heavy atom. The van der Waals surface area contributed by atoms with E-state index in [1.54, 1.807) is 54.6 Å². The van der Waals surface area contributed by atoms with Crippen molar-refractivity contribution in [2.75, 3.05) is 15.4 Å². The van der Waals surface area contributed by atoms with E-state index in [0.717, 1.165) is 0 Å². The van der Waals surface area contributed by atoms with Crippen LogP contribution in [0.2, 0.25) is 0 Å². The second-order valence-electron chi connectivity index (χ2n) is 7.14. The Morgan fingerprint density at radius 1 is 0.971 bits per heavy atom. The fraction of sp³-hybridized carbons (Fsp3) is 0.0870. The number of carbonyl (C=O) groups excluding carboxylic acids is 1. The van der Waals surface area contributed by atoms with E-state index in [4.69, 9.17) is 10.9 Å². The lowest BCUT2D eigenvalue weighted by molar-refractivity contribution is -0.136. The number of nitrogens with two attached hydrogens (primary N) is 1. The zero-order chi connectivity index (χ0) is 24.6. The van der Waals surface area contributed by atoms with E-state index in [2.05, 4.69) is 20.5 Å². The van der Waals surface area contributed by atoms with Crippen LogP contribution in [-0.2, 0) is 21.2 Å². The lowest BCUT2D eigenvalue weighted by Crippen LogP contribution is -2.16. The van der Waals surface area contributed by atoms with Gasteiger partial charge in [0.15, 0.2) is 0 Å². The highest BCUT2D eigenvalue weighted by Crippen LogP contribution is 2.23. The molecule has 3 aromatic rings. The molecule has 34 heavy (non-hydrogen) atoms. The van der Waals surface area contributed by atoms with Crippen molar-refractivity contribution in [3.63, 3.8) is 0 Å². The molecule has 1 amide bonds. The molecule has 176 valence electrons. The van der Waals surface area contributed by atoms with Crippen molar-refractivity contribution in [2.24, 2.45) is 10.9 Å². The van der Waals surface area contributed by atoms with Crippen LogP contribution in [0.1, 0.15) is 22.3 Å². The van der Waals surface area contributed by atoms with Crippen LogP contribution in [0.4, 0.5) is 17.1 Å². The Morgan fingerprint density at radius 2 is 1.71 bits per heavy atom. The lowest BCUT2D eigenvalue weighted by Gasteiger charge is -2.13. The molecule has 3 aromatic carbocycles. The number of amides is 1. The highest BCUT2D eigenvalue weighted by atomic mass is 32.2. The Kier molecular flexibility index (Phi) is 7.83. The summed E-state index contributed by atoms with van der Waals surface area (Å²) in [6.45, 7) is 0. The standard InChI is InChI=1S/C23H23N5O5S/c24-26-15-25-18-7-3-6-17(13-18)23(31)27-19-8-4-9-20(14-19)34(32,33)28-21-10-2-1-5-16(21)11-12-22(29)30/h1-10,13-15,28H,11-12,24H2,(H,25,26)(H,27,31)(H,29,30). The number of hydrogen-bond acceptors (Lipinski definition) is 6. The summed E-state index contributed by atoms with van der Waals surface area (Å²) in [5, 5.41) is 17.7. The molecule has 11 heteroatoms. The Balaban J connectivity index is 1.77. The number of hydrazone groups is 1. The highest BCUT2D eigenvalue weighted by Gasteiger charge is 2.17. The molecule has 6 N–H and O–H groups in total. The number of benzene rings is 3. The van der Waals surface area contributed by atoms with Crippen molar-refractivity contribution in [3.8, 4) is 0 Å². The third-order valence-corrected chi connectivity index (χ3v) is 6.07. The van der Waals surface area contributed by atoms with E-state index < -0.39 is 21.9 Å². The quantitative estimate of drug-likeness (QED) is 0.129. The lowest BCUT2D eigenvalue weighted by atomic mass is 10.1. The number of carboxylic acid groups (broad SMARTS) is 1. The molecule has 0 atom stereocenters. The first kappa shape index (κ1) is 24.3. The Hall–Kier alpha value is -4.38. The summed E-state index contributed by atoms with van der Waals surface area (Å²) in [5.41, 5.74) is 2.08. The van der Waals surface area contributed by atoms with Crippen molar-refractivity contribution >= 4 is 45.3 Å². The van der Waals surface area contributed by atoms with Crippen LogP contribution in [0.3, 0.4) is 0 Å². The molecular weight excluding hydrogens is 458 g/mol. The van der Waals surface area contributed by atoms with Gasteiger partial charge in [-0.3, -0.25) is 14.3 Å². The number of anilines is 3. The van der Waals surface area contributed by atoms with Crippen LogP contribution < -0.4 is 21.2 Å². The maximum absolute atomic E-state index is 13.0. The third kappa shape index (κ3) is 6.56. The Labute approximate surface area is 196 Å². The van der Waals surface area contributed by atoms with Crippen LogP contribution in [-0.4, -0.2) is 31.7 Å². The van der Waals surface area contributed by atoms with E-state index in [1.807, 2.05) is 0 Å². The molecule has 0 fully saturated rings. The minimum atomic E-state index is -4.00. The first-order chi connectivity index (χ1) is 16.3. The van der Waals surface area contributed by atoms with E-state index >= 15 is 0 Å².